The average molecular weight is 298 g/mol. The van der Waals surface area contributed by atoms with Gasteiger partial charge in [0.15, 0.2) is 11.5 Å². The summed E-state index contributed by atoms with van der Waals surface area (Å²) in [5.41, 5.74) is 0.687. The second-order valence-electron chi connectivity index (χ2n) is 3.87. The number of halogens is 2. The number of hydrogen-bond acceptors (Lipinski definition) is 5. The fourth-order valence-electron chi connectivity index (χ4n) is 1.87. The fourth-order valence-corrected chi connectivity index (χ4v) is 2.29. The zero-order chi connectivity index (χ0) is 13.4. The highest BCUT2D eigenvalue weighted by Gasteiger charge is 2.24. The Hall–Kier alpha value is -1.72. The minimum atomic E-state index is 0.171. The van der Waals surface area contributed by atoms with E-state index in [4.69, 9.17) is 32.7 Å². The highest BCUT2D eigenvalue weighted by molar-refractivity contribution is 6.34. The van der Waals surface area contributed by atoms with Crippen LogP contribution in [0.25, 0.3) is 0 Å². The van der Waals surface area contributed by atoms with E-state index in [9.17, 15) is 0 Å². The molecule has 0 aliphatic carbocycles. The summed E-state index contributed by atoms with van der Waals surface area (Å²) in [5.74, 6) is 1.88. The number of aromatic nitrogens is 2. The minimum absolute atomic E-state index is 0.171. The molecule has 1 aliphatic heterocycles. The van der Waals surface area contributed by atoms with E-state index in [0.717, 1.165) is 0 Å². The van der Waals surface area contributed by atoms with E-state index in [1.807, 2.05) is 7.05 Å². The average Bonchev–Trinajstić information content (AvgIpc) is 2.86. The Morgan fingerprint density at radius 3 is 2.84 bits per heavy atom. The summed E-state index contributed by atoms with van der Waals surface area (Å²) in [4.78, 5) is 9.77. The van der Waals surface area contributed by atoms with E-state index in [2.05, 4.69) is 9.97 Å². The van der Waals surface area contributed by atoms with Gasteiger partial charge in [0, 0.05) is 13.2 Å². The second kappa shape index (κ2) is 4.75. The highest BCUT2D eigenvalue weighted by atomic mass is 35.5. The van der Waals surface area contributed by atoms with Crippen LogP contribution in [0.1, 0.15) is 0 Å². The number of anilines is 2. The molecule has 0 fully saturated rings. The molecule has 0 spiro atoms. The standard InChI is InChI=1S/C12H9Cl2N3O2/c1-17(9-4-5-15-12(14)16-9)10-7(13)2-3-8-11(10)19-6-18-8/h2-5H,6H2,1H3. The first-order valence-electron chi connectivity index (χ1n) is 5.47. The SMILES string of the molecule is CN(c1ccnc(Cl)n1)c1c(Cl)ccc2c1OCO2. The van der Waals surface area contributed by atoms with Crippen LogP contribution in [0.3, 0.4) is 0 Å². The summed E-state index contributed by atoms with van der Waals surface area (Å²) < 4.78 is 10.8. The molecule has 19 heavy (non-hydrogen) atoms. The molecule has 0 amide bonds. The molecule has 1 aromatic heterocycles. The van der Waals surface area contributed by atoms with Crippen molar-refractivity contribution >= 4 is 34.7 Å². The van der Waals surface area contributed by atoms with Crippen molar-refractivity contribution in [2.24, 2.45) is 0 Å². The smallest absolute Gasteiger partial charge is 0.231 e. The van der Waals surface area contributed by atoms with Gasteiger partial charge in [0.1, 0.15) is 11.5 Å². The second-order valence-corrected chi connectivity index (χ2v) is 4.62. The maximum atomic E-state index is 6.24. The maximum Gasteiger partial charge on any atom is 0.231 e. The van der Waals surface area contributed by atoms with Gasteiger partial charge in [-0.25, -0.2) is 9.97 Å². The molecule has 7 heteroatoms. The van der Waals surface area contributed by atoms with Crippen LogP contribution in [0.5, 0.6) is 11.5 Å². The Bertz CT molecular complexity index is 636. The number of nitrogens with zero attached hydrogens (tertiary/aromatic N) is 3. The third-order valence-electron chi connectivity index (χ3n) is 2.75. The maximum absolute atomic E-state index is 6.24. The Morgan fingerprint density at radius 2 is 2.05 bits per heavy atom. The van der Waals surface area contributed by atoms with Crippen LogP contribution >= 0.6 is 23.2 Å². The van der Waals surface area contributed by atoms with Crippen molar-refractivity contribution in [1.82, 2.24) is 9.97 Å². The third-order valence-corrected chi connectivity index (χ3v) is 3.24. The summed E-state index contributed by atoms with van der Waals surface area (Å²) in [6.07, 6.45) is 1.58. The molecular formula is C12H9Cl2N3O2. The number of ether oxygens (including phenoxy) is 2. The predicted molar refractivity (Wildman–Crippen MR) is 72.7 cm³/mol. The molecule has 0 atom stereocenters. The van der Waals surface area contributed by atoms with Crippen LogP contribution in [0.15, 0.2) is 24.4 Å². The molecule has 2 heterocycles. The summed E-state index contributed by atoms with van der Waals surface area (Å²) in [6.45, 7) is 0.182. The predicted octanol–water partition coefficient (Wildman–Crippen LogP) is 3.28. The van der Waals surface area contributed by atoms with Gasteiger partial charge < -0.3 is 14.4 Å². The molecule has 0 saturated carbocycles. The lowest BCUT2D eigenvalue weighted by atomic mass is 10.2. The number of hydrogen-bond donors (Lipinski definition) is 0. The molecule has 98 valence electrons. The Labute approximate surface area is 119 Å². The summed E-state index contributed by atoms with van der Waals surface area (Å²) in [6, 6.07) is 5.26. The monoisotopic (exact) mass is 297 g/mol. The first-order chi connectivity index (χ1) is 9.16. The van der Waals surface area contributed by atoms with Crippen molar-refractivity contribution in [3.05, 3.63) is 34.7 Å². The third kappa shape index (κ3) is 2.15. The van der Waals surface area contributed by atoms with E-state index < -0.39 is 0 Å². The van der Waals surface area contributed by atoms with E-state index in [0.29, 0.717) is 28.0 Å². The number of rotatable bonds is 2. The largest absolute Gasteiger partial charge is 0.454 e. The van der Waals surface area contributed by atoms with Gasteiger partial charge in [-0.3, -0.25) is 0 Å². The molecule has 0 N–H and O–H groups in total. The lowest BCUT2D eigenvalue weighted by Gasteiger charge is -2.20. The molecule has 2 aromatic rings. The molecule has 0 unspecified atom stereocenters. The van der Waals surface area contributed by atoms with Gasteiger partial charge in [0.05, 0.1) is 5.02 Å². The molecule has 0 radical (unpaired) electrons. The minimum Gasteiger partial charge on any atom is -0.454 e. The molecule has 0 bridgehead atoms. The lowest BCUT2D eigenvalue weighted by Crippen LogP contribution is -2.12. The summed E-state index contributed by atoms with van der Waals surface area (Å²) in [7, 11) is 1.82. The molecular weight excluding hydrogens is 289 g/mol. The van der Waals surface area contributed by atoms with Gasteiger partial charge in [-0.05, 0) is 29.8 Å². The van der Waals surface area contributed by atoms with Crippen molar-refractivity contribution < 1.29 is 9.47 Å². The molecule has 0 saturated heterocycles. The Balaban J connectivity index is 2.09. The van der Waals surface area contributed by atoms with E-state index >= 15 is 0 Å². The Morgan fingerprint density at radius 1 is 1.21 bits per heavy atom. The van der Waals surface area contributed by atoms with Crippen LogP contribution in [0.2, 0.25) is 10.3 Å². The fraction of sp³-hybridized carbons (Fsp3) is 0.167. The van der Waals surface area contributed by atoms with Crippen LogP contribution in [0.4, 0.5) is 11.5 Å². The highest BCUT2D eigenvalue weighted by Crippen LogP contribution is 2.46. The molecule has 3 rings (SSSR count). The molecule has 1 aromatic carbocycles. The van der Waals surface area contributed by atoms with E-state index in [1.165, 1.54) is 0 Å². The van der Waals surface area contributed by atoms with Gasteiger partial charge in [0.2, 0.25) is 12.1 Å². The van der Waals surface area contributed by atoms with Crippen molar-refractivity contribution in [3.63, 3.8) is 0 Å². The van der Waals surface area contributed by atoms with Crippen LogP contribution in [0, 0.1) is 0 Å². The topological polar surface area (TPSA) is 47.5 Å². The van der Waals surface area contributed by atoms with Gasteiger partial charge in [0.25, 0.3) is 0 Å². The van der Waals surface area contributed by atoms with Gasteiger partial charge in [-0.2, -0.15) is 0 Å². The van der Waals surface area contributed by atoms with Crippen molar-refractivity contribution in [2.75, 3.05) is 18.7 Å². The normalized spacial score (nSPS) is 12.6. The van der Waals surface area contributed by atoms with E-state index in [-0.39, 0.29) is 12.1 Å². The van der Waals surface area contributed by atoms with Gasteiger partial charge >= 0.3 is 0 Å². The molecule has 1 aliphatic rings. The van der Waals surface area contributed by atoms with Crippen LogP contribution in [-0.4, -0.2) is 23.8 Å². The van der Waals surface area contributed by atoms with Gasteiger partial charge in [-0.15, -0.1) is 0 Å². The summed E-state index contributed by atoms with van der Waals surface area (Å²) in [5, 5.41) is 0.715. The number of benzene rings is 1. The Kier molecular flexibility index (Phi) is 3.08. The quantitative estimate of drug-likeness (QED) is 0.796. The summed E-state index contributed by atoms with van der Waals surface area (Å²) >= 11 is 12.0. The van der Waals surface area contributed by atoms with Crippen molar-refractivity contribution in [2.45, 2.75) is 0 Å². The first kappa shape index (κ1) is 12.3. The zero-order valence-corrected chi connectivity index (χ0v) is 11.4. The van der Waals surface area contributed by atoms with Gasteiger partial charge in [-0.1, -0.05) is 11.6 Å². The lowest BCUT2D eigenvalue weighted by molar-refractivity contribution is 0.174. The van der Waals surface area contributed by atoms with E-state index in [1.54, 1.807) is 29.3 Å². The van der Waals surface area contributed by atoms with Crippen LogP contribution < -0.4 is 14.4 Å². The number of fused-ring (bicyclic) bond motifs is 1. The van der Waals surface area contributed by atoms with Crippen molar-refractivity contribution in [3.8, 4) is 11.5 Å². The molecule has 5 nitrogen and oxygen atoms in total. The van der Waals surface area contributed by atoms with Crippen molar-refractivity contribution in [1.29, 1.82) is 0 Å². The first-order valence-corrected chi connectivity index (χ1v) is 6.23. The van der Waals surface area contributed by atoms with Crippen LogP contribution in [-0.2, 0) is 0 Å². The zero-order valence-electron chi connectivity index (χ0n) is 9.93.